The molecule has 0 aliphatic carbocycles. The maximum atomic E-state index is 13.8. The van der Waals surface area contributed by atoms with Gasteiger partial charge in [0.2, 0.25) is 5.65 Å². The third-order valence-corrected chi connectivity index (χ3v) is 2.80. The van der Waals surface area contributed by atoms with Gasteiger partial charge < -0.3 is 4.74 Å². The molecule has 0 atom stereocenters. The molecule has 0 N–H and O–H groups in total. The summed E-state index contributed by atoms with van der Waals surface area (Å²) in [6.45, 7) is 0. The van der Waals surface area contributed by atoms with Crippen LogP contribution in [0.2, 0.25) is 0 Å². The van der Waals surface area contributed by atoms with E-state index in [2.05, 4.69) is 9.97 Å². The predicted molar refractivity (Wildman–Crippen MR) is 64.9 cm³/mol. The summed E-state index contributed by atoms with van der Waals surface area (Å²) in [6.07, 6.45) is 4.66. The zero-order valence-electron chi connectivity index (χ0n) is 9.97. The molecule has 0 saturated carbocycles. The lowest BCUT2D eigenvalue weighted by atomic mass is 10.1. The molecule has 0 fully saturated rings. The van der Waals surface area contributed by atoms with Crippen molar-refractivity contribution < 1.29 is 13.5 Å². The van der Waals surface area contributed by atoms with Gasteiger partial charge in [-0.3, -0.25) is 4.40 Å². The number of ether oxygens (including phenoxy) is 1. The van der Waals surface area contributed by atoms with Crippen molar-refractivity contribution in [3.63, 3.8) is 0 Å². The van der Waals surface area contributed by atoms with Crippen LogP contribution in [0.1, 0.15) is 0 Å². The maximum Gasteiger partial charge on any atom is 0.258 e. The summed E-state index contributed by atoms with van der Waals surface area (Å²) < 4.78 is 33.4. The molecule has 0 bridgehead atoms. The van der Waals surface area contributed by atoms with Crippen molar-refractivity contribution in [2.45, 2.75) is 0 Å². The highest BCUT2D eigenvalue weighted by molar-refractivity contribution is 5.66. The highest BCUT2D eigenvalue weighted by Gasteiger charge is 2.13. The molecule has 6 heteroatoms. The quantitative estimate of drug-likeness (QED) is 0.712. The van der Waals surface area contributed by atoms with Crippen LogP contribution >= 0.6 is 0 Å². The van der Waals surface area contributed by atoms with Crippen molar-refractivity contribution in [3.8, 4) is 17.1 Å². The van der Waals surface area contributed by atoms with E-state index in [-0.39, 0.29) is 5.56 Å². The van der Waals surface area contributed by atoms with Crippen LogP contribution in [0.5, 0.6) is 5.88 Å². The minimum atomic E-state index is -0.641. The van der Waals surface area contributed by atoms with E-state index in [1.165, 1.54) is 31.6 Å². The molecule has 0 aliphatic heterocycles. The van der Waals surface area contributed by atoms with Gasteiger partial charge in [0.25, 0.3) is 5.88 Å². The van der Waals surface area contributed by atoms with E-state index in [0.717, 1.165) is 6.07 Å². The molecule has 0 saturated heterocycles. The van der Waals surface area contributed by atoms with E-state index in [1.54, 1.807) is 10.6 Å². The van der Waals surface area contributed by atoms with E-state index in [9.17, 15) is 8.78 Å². The van der Waals surface area contributed by atoms with Crippen LogP contribution in [0, 0.1) is 11.6 Å². The Bertz CT molecular complexity index is 755. The Kier molecular flexibility index (Phi) is 2.63. The number of nitrogens with zero attached hydrogens (tertiary/aromatic N) is 3. The minimum absolute atomic E-state index is 0.266. The number of aromatic nitrogens is 3. The molecule has 0 radical (unpaired) electrons. The Morgan fingerprint density at radius 1 is 1.21 bits per heavy atom. The topological polar surface area (TPSA) is 39.4 Å². The lowest BCUT2D eigenvalue weighted by Crippen LogP contribution is -1.95. The average Bonchev–Trinajstić information content (AvgIpc) is 2.82. The lowest BCUT2D eigenvalue weighted by Gasteiger charge is -2.05. The summed E-state index contributed by atoms with van der Waals surface area (Å²) in [7, 11) is 1.48. The number of rotatable bonds is 2. The van der Waals surface area contributed by atoms with Crippen LogP contribution in [-0.4, -0.2) is 21.5 Å². The second-order valence-corrected chi connectivity index (χ2v) is 3.90. The molecule has 2 aromatic heterocycles. The van der Waals surface area contributed by atoms with E-state index in [0.29, 0.717) is 17.2 Å². The third kappa shape index (κ3) is 1.81. The number of fused-ring (bicyclic) bond motifs is 1. The van der Waals surface area contributed by atoms with E-state index < -0.39 is 11.6 Å². The van der Waals surface area contributed by atoms with Crippen LogP contribution in [0.25, 0.3) is 16.9 Å². The molecular formula is C13H9F2N3O. The van der Waals surface area contributed by atoms with Crippen molar-refractivity contribution in [3.05, 3.63) is 48.4 Å². The van der Waals surface area contributed by atoms with Crippen molar-refractivity contribution >= 4 is 5.65 Å². The Morgan fingerprint density at radius 2 is 2.05 bits per heavy atom. The highest BCUT2D eigenvalue weighted by Crippen LogP contribution is 2.26. The molecule has 0 unspecified atom stereocenters. The fraction of sp³-hybridized carbons (Fsp3) is 0.0769. The van der Waals surface area contributed by atoms with Crippen LogP contribution in [0.4, 0.5) is 8.78 Å². The third-order valence-electron chi connectivity index (χ3n) is 2.80. The van der Waals surface area contributed by atoms with Gasteiger partial charge in [-0.1, -0.05) is 0 Å². The molecule has 0 aliphatic rings. The van der Waals surface area contributed by atoms with Crippen molar-refractivity contribution in [1.82, 2.24) is 14.4 Å². The summed E-state index contributed by atoms with van der Waals surface area (Å²) in [4.78, 5) is 8.15. The molecule has 2 heterocycles. The molecule has 19 heavy (non-hydrogen) atoms. The number of hydrogen-bond donors (Lipinski definition) is 0. The highest BCUT2D eigenvalue weighted by atomic mass is 19.1. The normalized spacial score (nSPS) is 10.9. The molecule has 0 amide bonds. The van der Waals surface area contributed by atoms with Gasteiger partial charge in [-0.25, -0.2) is 18.7 Å². The molecular weight excluding hydrogens is 252 g/mol. The van der Waals surface area contributed by atoms with Gasteiger partial charge in [0.1, 0.15) is 11.6 Å². The Morgan fingerprint density at radius 3 is 2.79 bits per heavy atom. The zero-order chi connectivity index (χ0) is 13.4. The van der Waals surface area contributed by atoms with Gasteiger partial charge in [0, 0.05) is 24.0 Å². The SMILES string of the molecule is COc1nccn2c(-c3ccc(F)cc3F)cnc12. The number of halogens is 2. The summed E-state index contributed by atoms with van der Waals surface area (Å²) in [5, 5.41) is 0. The Balaban J connectivity index is 2.26. The summed E-state index contributed by atoms with van der Waals surface area (Å²) >= 11 is 0. The molecule has 3 rings (SSSR count). The first-order chi connectivity index (χ1) is 9.20. The molecule has 0 spiro atoms. The van der Waals surface area contributed by atoms with Crippen LogP contribution in [0.3, 0.4) is 0 Å². The predicted octanol–water partition coefficient (Wildman–Crippen LogP) is 2.68. The first-order valence-electron chi connectivity index (χ1n) is 5.52. The monoisotopic (exact) mass is 261 g/mol. The molecule has 4 nitrogen and oxygen atoms in total. The number of benzene rings is 1. The van der Waals surface area contributed by atoms with E-state index in [4.69, 9.17) is 4.74 Å². The standard InChI is InChI=1S/C13H9F2N3O/c1-19-13-12-17-7-11(18(12)5-4-16-13)9-3-2-8(14)6-10(9)15/h2-7H,1H3. The van der Waals surface area contributed by atoms with Gasteiger partial charge in [-0.15, -0.1) is 0 Å². The first-order valence-corrected chi connectivity index (χ1v) is 5.52. The minimum Gasteiger partial charge on any atom is -0.478 e. The van der Waals surface area contributed by atoms with Crippen LogP contribution < -0.4 is 4.74 Å². The molecule has 3 aromatic rings. The zero-order valence-corrected chi connectivity index (χ0v) is 9.97. The van der Waals surface area contributed by atoms with Gasteiger partial charge in [0.05, 0.1) is 19.0 Å². The van der Waals surface area contributed by atoms with E-state index in [1.807, 2.05) is 0 Å². The Hall–Kier alpha value is -2.50. The smallest absolute Gasteiger partial charge is 0.258 e. The van der Waals surface area contributed by atoms with Crippen molar-refractivity contribution in [2.75, 3.05) is 7.11 Å². The van der Waals surface area contributed by atoms with Gasteiger partial charge in [0.15, 0.2) is 0 Å². The summed E-state index contributed by atoms with van der Waals surface area (Å²) in [5.41, 5.74) is 1.25. The van der Waals surface area contributed by atoms with Crippen molar-refractivity contribution in [1.29, 1.82) is 0 Å². The van der Waals surface area contributed by atoms with Gasteiger partial charge in [-0.05, 0) is 12.1 Å². The number of imidazole rings is 1. The Labute approximate surface area is 107 Å². The fourth-order valence-corrected chi connectivity index (χ4v) is 1.94. The van der Waals surface area contributed by atoms with Crippen LogP contribution in [0.15, 0.2) is 36.8 Å². The lowest BCUT2D eigenvalue weighted by molar-refractivity contribution is 0.400. The van der Waals surface area contributed by atoms with E-state index >= 15 is 0 Å². The number of methoxy groups -OCH3 is 1. The summed E-state index contributed by atoms with van der Waals surface area (Å²) in [6, 6.07) is 3.42. The second-order valence-electron chi connectivity index (χ2n) is 3.90. The molecule has 1 aromatic carbocycles. The molecule has 96 valence electrons. The van der Waals surface area contributed by atoms with Crippen molar-refractivity contribution in [2.24, 2.45) is 0 Å². The average molecular weight is 261 g/mol. The summed E-state index contributed by atoms with van der Waals surface area (Å²) in [5.74, 6) is -0.914. The van der Waals surface area contributed by atoms with Crippen LogP contribution in [-0.2, 0) is 0 Å². The number of hydrogen-bond acceptors (Lipinski definition) is 3. The maximum absolute atomic E-state index is 13.8. The fourth-order valence-electron chi connectivity index (χ4n) is 1.94. The van der Waals surface area contributed by atoms with Gasteiger partial charge >= 0.3 is 0 Å². The first kappa shape index (κ1) is 11.6. The second kappa shape index (κ2) is 4.31. The van der Waals surface area contributed by atoms with Gasteiger partial charge in [-0.2, -0.15) is 0 Å². The largest absolute Gasteiger partial charge is 0.478 e.